The third-order valence-electron chi connectivity index (χ3n) is 1.87. The molecule has 0 radical (unpaired) electrons. The first-order chi connectivity index (χ1) is 5.86. The average molecular weight is 269 g/mol. The second-order valence-corrected chi connectivity index (χ2v) is 4.75. The third-order valence-corrected chi connectivity index (χ3v) is 4.07. The van der Waals surface area contributed by atoms with E-state index in [9.17, 15) is 0 Å². The third kappa shape index (κ3) is 2.67. The molecule has 13 heavy (non-hydrogen) atoms. The predicted molar refractivity (Wildman–Crippen MR) is 48.0 cm³/mol. The van der Waals surface area contributed by atoms with Crippen LogP contribution in [0.25, 0.3) is 0 Å². The summed E-state index contributed by atoms with van der Waals surface area (Å²) in [6.45, 7) is 3.62. The number of morpholine rings is 1. The number of ether oxygens (including phenoxy) is 1. The van der Waals surface area contributed by atoms with E-state index >= 15 is 0 Å². The summed E-state index contributed by atoms with van der Waals surface area (Å²) in [6, 6.07) is 0. The van der Waals surface area contributed by atoms with Crippen molar-refractivity contribution in [2.75, 3.05) is 26.3 Å². The SMILES string of the molecule is NC1=NC(=[N+]2CCOCC2)[Se]C1.[Cl-]. The zero-order valence-corrected chi connectivity index (χ0v) is 9.67. The molecule has 74 valence electrons. The normalized spacial score (nSPS) is 22.6. The van der Waals surface area contributed by atoms with Crippen LogP contribution in [0.2, 0.25) is 5.32 Å². The summed E-state index contributed by atoms with van der Waals surface area (Å²) < 4.78 is 8.76. The van der Waals surface area contributed by atoms with Crippen LogP contribution in [0.5, 0.6) is 0 Å². The molecule has 0 saturated carbocycles. The van der Waals surface area contributed by atoms with Crippen LogP contribution in [-0.4, -0.2) is 56.4 Å². The van der Waals surface area contributed by atoms with Crippen molar-refractivity contribution in [2.24, 2.45) is 10.7 Å². The van der Waals surface area contributed by atoms with Gasteiger partial charge in [0.15, 0.2) is 0 Å². The largest absolute Gasteiger partial charge is 1.00 e. The van der Waals surface area contributed by atoms with Crippen LogP contribution < -0.4 is 18.1 Å². The van der Waals surface area contributed by atoms with Crippen molar-refractivity contribution in [1.82, 2.24) is 0 Å². The quantitative estimate of drug-likeness (QED) is 0.359. The number of hydrogen-bond acceptors (Lipinski definition) is 2. The van der Waals surface area contributed by atoms with Gasteiger partial charge in [0.2, 0.25) is 0 Å². The molecule has 0 aromatic rings. The van der Waals surface area contributed by atoms with E-state index in [1.54, 1.807) is 0 Å². The van der Waals surface area contributed by atoms with E-state index in [0.717, 1.165) is 37.5 Å². The summed E-state index contributed by atoms with van der Waals surface area (Å²) in [5.41, 5.74) is 5.62. The first kappa shape index (κ1) is 11.0. The maximum atomic E-state index is 5.62. The molecule has 6 heteroatoms. The Kier molecular flexibility index (Phi) is 4.19. The van der Waals surface area contributed by atoms with Crippen molar-refractivity contribution in [3.63, 3.8) is 0 Å². The van der Waals surface area contributed by atoms with E-state index in [1.165, 1.54) is 4.73 Å². The van der Waals surface area contributed by atoms with Crippen molar-refractivity contribution in [3.05, 3.63) is 0 Å². The van der Waals surface area contributed by atoms with Crippen molar-refractivity contribution >= 4 is 25.5 Å². The van der Waals surface area contributed by atoms with Gasteiger partial charge in [0.05, 0.1) is 0 Å². The molecule has 1 saturated heterocycles. The Bertz CT molecular complexity index is 246. The van der Waals surface area contributed by atoms with E-state index in [2.05, 4.69) is 9.57 Å². The molecule has 2 rings (SSSR count). The monoisotopic (exact) mass is 269 g/mol. The second kappa shape index (κ2) is 4.96. The van der Waals surface area contributed by atoms with E-state index < -0.39 is 0 Å². The summed E-state index contributed by atoms with van der Waals surface area (Å²) in [6.07, 6.45) is 0. The molecule has 0 aromatic carbocycles. The molecule has 0 atom stereocenters. The van der Waals surface area contributed by atoms with Gasteiger partial charge < -0.3 is 12.4 Å². The number of amidine groups is 2. The minimum absolute atomic E-state index is 0. The average Bonchev–Trinajstić information content (AvgIpc) is 2.54. The van der Waals surface area contributed by atoms with Crippen LogP contribution in [0.15, 0.2) is 4.99 Å². The standard InChI is InChI=1S/C7H11N3OSe.ClH/c8-6-5-12-7(9-6)10-1-3-11-4-2-10;/h8H,1-5H2;1H. The summed E-state index contributed by atoms with van der Waals surface area (Å²) in [5, 5.41) is 0.986. The van der Waals surface area contributed by atoms with Gasteiger partial charge >= 0.3 is 77.2 Å². The Hall–Kier alpha value is -0.0905. The number of nitrogens with zero attached hydrogens (tertiary/aromatic N) is 2. The van der Waals surface area contributed by atoms with Crippen molar-refractivity contribution in [3.8, 4) is 0 Å². The minimum atomic E-state index is 0. The van der Waals surface area contributed by atoms with E-state index in [0.29, 0.717) is 15.0 Å². The molecule has 0 bridgehead atoms. The van der Waals surface area contributed by atoms with E-state index in [1.807, 2.05) is 0 Å². The molecule has 0 spiro atoms. The van der Waals surface area contributed by atoms with Crippen LogP contribution in [0.1, 0.15) is 0 Å². The second-order valence-electron chi connectivity index (χ2n) is 2.77. The zero-order chi connectivity index (χ0) is 8.39. The fraction of sp³-hybridized carbons (Fsp3) is 0.714. The topological polar surface area (TPSA) is 50.6 Å². The summed E-state index contributed by atoms with van der Waals surface area (Å²) >= 11 is 0.474. The summed E-state index contributed by atoms with van der Waals surface area (Å²) in [4.78, 5) is 4.32. The predicted octanol–water partition coefficient (Wildman–Crippen LogP) is -4.12. The molecule has 2 heterocycles. The number of rotatable bonds is 0. The maximum Gasteiger partial charge on any atom is -1.00 e. The molecule has 0 amide bonds. The Morgan fingerprint density at radius 1 is 1.38 bits per heavy atom. The van der Waals surface area contributed by atoms with Gasteiger partial charge in [-0.1, -0.05) is 0 Å². The van der Waals surface area contributed by atoms with Crippen molar-refractivity contribution < 1.29 is 21.7 Å². The van der Waals surface area contributed by atoms with Crippen LogP contribution in [0, 0.1) is 0 Å². The molecule has 0 unspecified atom stereocenters. The van der Waals surface area contributed by atoms with Gasteiger partial charge in [0, 0.05) is 0 Å². The molecule has 2 aliphatic rings. The molecule has 4 nitrogen and oxygen atoms in total. The van der Waals surface area contributed by atoms with Gasteiger partial charge in [-0.3, -0.25) is 0 Å². The first-order valence-corrected chi connectivity index (χ1v) is 6.08. The number of hydrogen-bond donors (Lipinski definition) is 1. The van der Waals surface area contributed by atoms with Gasteiger partial charge in [0.25, 0.3) is 0 Å². The van der Waals surface area contributed by atoms with Gasteiger partial charge in [-0.2, -0.15) is 0 Å². The number of nitrogens with two attached hydrogens (primary N) is 1. The molecule has 2 N–H and O–H groups in total. The van der Waals surface area contributed by atoms with Gasteiger partial charge in [0.1, 0.15) is 0 Å². The minimum Gasteiger partial charge on any atom is -1.00 e. The van der Waals surface area contributed by atoms with Crippen LogP contribution in [-0.2, 0) is 4.74 Å². The van der Waals surface area contributed by atoms with Gasteiger partial charge in [-0.15, -0.1) is 0 Å². The van der Waals surface area contributed by atoms with Gasteiger partial charge in [-0.25, -0.2) is 0 Å². The smallest absolute Gasteiger partial charge is 1.00 e. The van der Waals surface area contributed by atoms with E-state index in [-0.39, 0.29) is 12.4 Å². The maximum absolute atomic E-state index is 5.62. The van der Waals surface area contributed by atoms with Crippen LogP contribution >= 0.6 is 0 Å². The fourth-order valence-corrected chi connectivity index (χ4v) is 3.11. The van der Waals surface area contributed by atoms with Gasteiger partial charge in [-0.05, 0) is 0 Å². The summed E-state index contributed by atoms with van der Waals surface area (Å²) in [7, 11) is 0. The Labute approximate surface area is 89.8 Å². The van der Waals surface area contributed by atoms with Crippen molar-refractivity contribution in [1.29, 1.82) is 0 Å². The number of aliphatic imine (C=N–C) groups is 1. The molecule has 1 fully saturated rings. The zero-order valence-electron chi connectivity index (χ0n) is 7.20. The molecule has 0 aromatic heterocycles. The molecular formula is C7H12ClN3OSe. The molecule has 2 aliphatic heterocycles. The molecular weight excluding hydrogens is 257 g/mol. The Morgan fingerprint density at radius 2 is 2.08 bits per heavy atom. The fourth-order valence-electron chi connectivity index (χ4n) is 1.24. The first-order valence-electron chi connectivity index (χ1n) is 4.02. The van der Waals surface area contributed by atoms with Crippen LogP contribution in [0.3, 0.4) is 0 Å². The van der Waals surface area contributed by atoms with Crippen LogP contribution in [0.4, 0.5) is 0 Å². The Balaban J connectivity index is 0.000000845. The Morgan fingerprint density at radius 3 is 2.62 bits per heavy atom. The molecule has 0 aliphatic carbocycles. The van der Waals surface area contributed by atoms with Crippen molar-refractivity contribution in [2.45, 2.75) is 5.32 Å². The summed E-state index contributed by atoms with van der Waals surface area (Å²) in [5.74, 6) is 0.802. The number of halogens is 1. The van der Waals surface area contributed by atoms with E-state index in [4.69, 9.17) is 10.5 Å².